The maximum absolute atomic E-state index is 13.1. The summed E-state index contributed by atoms with van der Waals surface area (Å²) in [6.07, 6.45) is 4.03. The number of carboxylic acid groups (broad SMARTS) is 1. The molecule has 0 radical (unpaired) electrons. The van der Waals surface area contributed by atoms with Gasteiger partial charge in [0.2, 0.25) is 0 Å². The largest absolute Gasteiger partial charge is 0.477 e. The molecule has 0 saturated carbocycles. The molecule has 0 spiro atoms. The SMILES string of the molecule is CON=C(C(=O)N[C@@H]1C(=O)N2C(C(=O)O)=C(CSc3nc4ncc(C(=O)N5CCCCC5)c(=O)n4[nH]3)CS[C@H]12)c1csc(N)n1. The van der Waals surface area contributed by atoms with Crippen molar-refractivity contribution in [3.05, 3.63) is 44.5 Å². The van der Waals surface area contributed by atoms with Crippen LogP contribution in [0.3, 0.4) is 0 Å². The Balaban J connectivity index is 1.16. The molecule has 45 heavy (non-hydrogen) atoms. The van der Waals surface area contributed by atoms with Crippen molar-refractivity contribution < 1.29 is 29.1 Å². The van der Waals surface area contributed by atoms with Crippen LogP contribution in [0.5, 0.6) is 0 Å². The summed E-state index contributed by atoms with van der Waals surface area (Å²) in [5.41, 5.74) is 5.30. The van der Waals surface area contributed by atoms with Crippen LogP contribution in [0, 0.1) is 0 Å². The number of carbonyl (C=O) groups excluding carboxylic acids is 3. The number of hydrogen-bond donors (Lipinski definition) is 4. The summed E-state index contributed by atoms with van der Waals surface area (Å²) in [6, 6.07) is -1.00. The van der Waals surface area contributed by atoms with Crippen LogP contribution in [0.4, 0.5) is 5.13 Å². The summed E-state index contributed by atoms with van der Waals surface area (Å²) in [5.74, 6) is -2.54. The van der Waals surface area contributed by atoms with E-state index >= 15 is 0 Å². The summed E-state index contributed by atoms with van der Waals surface area (Å²) >= 11 is 3.52. The molecule has 3 amide bonds. The first-order valence-electron chi connectivity index (χ1n) is 13.6. The fourth-order valence-corrected chi connectivity index (χ4v) is 8.04. The second-order valence-electron chi connectivity index (χ2n) is 10.1. The topological polar surface area (TPSA) is 231 Å². The van der Waals surface area contributed by atoms with Gasteiger partial charge in [-0.1, -0.05) is 16.9 Å². The van der Waals surface area contributed by atoms with Gasteiger partial charge in [-0.25, -0.2) is 14.8 Å². The number of β-lactam (4-membered cyclic amide) rings is 1. The van der Waals surface area contributed by atoms with Gasteiger partial charge < -0.3 is 25.9 Å². The number of H-pyrrole nitrogens is 1. The van der Waals surface area contributed by atoms with Gasteiger partial charge in [-0.3, -0.25) is 29.2 Å². The number of carboxylic acids is 1. The molecule has 3 aliphatic heterocycles. The number of aliphatic carboxylic acids is 1. The maximum Gasteiger partial charge on any atom is 0.352 e. The molecule has 6 rings (SSSR count). The van der Waals surface area contributed by atoms with Crippen molar-refractivity contribution in [1.29, 1.82) is 0 Å². The average molecular weight is 675 g/mol. The number of hydrogen-bond acceptors (Lipinski definition) is 14. The minimum Gasteiger partial charge on any atom is -0.477 e. The fourth-order valence-electron chi connectivity index (χ4n) is 5.17. The quantitative estimate of drug-likeness (QED) is 0.101. The number of aromatic amines is 1. The van der Waals surface area contributed by atoms with E-state index in [9.17, 15) is 29.1 Å². The van der Waals surface area contributed by atoms with Gasteiger partial charge in [0, 0.05) is 36.2 Å². The number of rotatable bonds is 9. The van der Waals surface area contributed by atoms with E-state index in [0.717, 1.165) is 51.8 Å². The molecular formula is C25H26N10O7S3. The van der Waals surface area contributed by atoms with E-state index in [2.05, 4.69) is 30.5 Å². The standard InChI is InChI=1S/C25H26N10O7S3/c1-42-32-14(13-10-44-23(26)28-13)17(36)29-15-20(39)34-16(22(40)41)11(8-43-21(15)34)9-45-25-30-24-27-7-12(19(38)35(24)31-25)18(37)33-5-3-2-4-6-33/h7,10,15,21H,2-6,8-9H2,1H3,(H2,26,28)(H,29,36)(H,40,41)(H,27,30,31)/t15-,21-/m1/s1. The Morgan fingerprint density at radius 2 is 2.02 bits per heavy atom. The number of likely N-dealkylation sites (tertiary alicyclic amines) is 1. The molecule has 6 heterocycles. The smallest absolute Gasteiger partial charge is 0.352 e. The number of nitrogens with one attached hydrogen (secondary N) is 2. The van der Waals surface area contributed by atoms with Gasteiger partial charge in [-0.2, -0.15) is 9.50 Å². The highest BCUT2D eigenvalue weighted by atomic mass is 32.2. The third-order valence-corrected chi connectivity index (χ3v) is 10.3. The van der Waals surface area contributed by atoms with E-state index in [4.69, 9.17) is 10.6 Å². The molecule has 236 valence electrons. The predicted molar refractivity (Wildman–Crippen MR) is 164 cm³/mol. The lowest BCUT2D eigenvalue weighted by Crippen LogP contribution is -2.71. The Morgan fingerprint density at radius 1 is 1.24 bits per heavy atom. The van der Waals surface area contributed by atoms with E-state index in [0.29, 0.717) is 18.7 Å². The Morgan fingerprint density at radius 3 is 2.71 bits per heavy atom. The number of oxime groups is 1. The van der Waals surface area contributed by atoms with Crippen LogP contribution in [0.2, 0.25) is 0 Å². The number of thioether (sulfide) groups is 2. The van der Waals surface area contributed by atoms with Crippen LogP contribution in [0.1, 0.15) is 35.3 Å². The van der Waals surface area contributed by atoms with Crippen molar-refractivity contribution >= 4 is 75.2 Å². The zero-order chi connectivity index (χ0) is 31.8. The summed E-state index contributed by atoms with van der Waals surface area (Å²) < 4.78 is 1.09. The number of anilines is 1. The van der Waals surface area contributed by atoms with Crippen molar-refractivity contribution in [1.82, 2.24) is 39.7 Å². The van der Waals surface area contributed by atoms with E-state index in [1.807, 2.05) is 0 Å². The van der Waals surface area contributed by atoms with Gasteiger partial charge >= 0.3 is 5.97 Å². The number of aromatic nitrogens is 5. The van der Waals surface area contributed by atoms with Crippen molar-refractivity contribution in [3.63, 3.8) is 0 Å². The number of piperidine rings is 1. The van der Waals surface area contributed by atoms with Gasteiger partial charge in [0.1, 0.15) is 35.5 Å². The maximum atomic E-state index is 13.1. The Hall–Kier alpha value is -4.43. The summed E-state index contributed by atoms with van der Waals surface area (Å²) in [6.45, 7) is 1.17. The van der Waals surface area contributed by atoms with Crippen molar-refractivity contribution in [2.24, 2.45) is 5.16 Å². The van der Waals surface area contributed by atoms with Crippen LogP contribution >= 0.6 is 34.9 Å². The number of nitrogens with zero attached hydrogens (tertiary/aromatic N) is 7. The molecule has 0 unspecified atom stereocenters. The monoisotopic (exact) mass is 674 g/mol. The number of nitrogen functional groups attached to an aromatic ring is 1. The van der Waals surface area contributed by atoms with Gasteiger partial charge in [-0.15, -0.1) is 23.1 Å². The Bertz CT molecular complexity index is 1830. The van der Waals surface area contributed by atoms with Gasteiger partial charge in [0.05, 0.1) is 0 Å². The van der Waals surface area contributed by atoms with Crippen LogP contribution in [-0.2, 0) is 19.2 Å². The number of amides is 3. The second-order valence-corrected chi connectivity index (χ2v) is 13.1. The van der Waals surface area contributed by atoms with Crippen LogP contribution in [0.25, 0.3) is 5.78 Å². The Kier molecular flexibility index (Phi) is 8.51. The first-order chi connectivity index (χ1) is 21.7. The van der Waals surface area contributed by atoms with Crippen molar-refractivity contribution in [3.8, 4) is 0 Å². The van der Waals surface area contributed by atoms with Crippen molar-refractivity contribution in [2.45, 2.75) is 35.8 Å². The summed E-state index contributed by atoms with van der Waals surface area (Å²) in [5, 5.41) is 20.6. The number of nitrogens with two attached hydrogens (primary N) is 1. The zero-order valence-electron chi connectivity index (χ0n) is 23.6. The second kappa shape index (κ2) is 12.5. The fraction of sp³-hybridized carbons (Fsp3) is 0.400. The highest BCUT2D eigenvalue weighted by Crippen LogP contribution is 2.41. The molecule has 17 nitrogen and oxygen atoms in total. The normalized spacial score (nSPS) is 20.2. The molecule has 2 saturated heterocycles. The molecular weight excluding hydrogens is 649 g/mol. The lowest BCUT2D eigenvalue weighted by atomic mass is 10.0. The molecule has 3 aromatic heterocycles. The van der Waals surface area contributed by atoms with Gasteiger partial charge in [-0.05, 0) is 24.8 Å². The lowest BCUT2D eigenvalue weighted by molar-refractivity contribution is -0.150. The van der Waals surface area contributed by atoms with Gasteiger partial charge in [0.25, 0.3) is 29.1 Å². The third-order valence-electron chi connectivity index (χ3n) is 7.31. The highest BCUT2D eigenvalue weighted by Gasteiger charge is 2.54. The van der Waals surface area contributed by atoms with Crippen molar-refractivity contribution in [2.75, 3.05) is 37.4 Å². The van der Waals surface area contributed by atoms with E-state index < -0.39 is 34.8 Å². The number of fused-ring (bicyclic) bond motifs is 2. The Labute approximate surface area is 266 Å². The number of carbonyl (C=O) groups is 4. The summed E-state index contributed by atoms with van der Waals surface area (Å²) in [7, 11) is 1.26. The lowest BCUT2D eigenvalue weighted by Gasteiger charge is -2.49. The van der Waals surface area contributed by atoms with Gasteiger partial charge in [0.15, 0.2) is 16.0 Å². The van der Waals surface area contributed by atoms with E-state index in [1.165, 1.54) is 30.4 Å². The minimum atomic E-state index is -1.29. The predicted octanol–water partition coefficient (Wildman–Crippen LogP) is -0.0362. The molecule has 20 heteroatoms. The first kappa shape index (κ1) is 30.6. The van der Waals surface area contributed by atoms with Crippen LogP contribution in [0.15, 0.2) is 38.0 Å². The molecule has 0 aliphatic carbocycles. The molecule has 3 aromatic rings. The minimum absolute atomic E-state index is 0.0607. The molecule has 2 fully saturated rings. The number of thiazole rings is 1. The zero-order valence-corrected chi connectivity index (χ0v) is 26.0. The van der Waals surface area contributed by atoms with Crippen LogP contribution < -0.4 is 16.6 Å². The third kappa shape index (κ3) is 5.75. The molecule has 5 N–H and O–H groups in total. The van der Waals surface area contributed by atoms with E-state index in [-0.39, 0.29) is 56.1 Å². The summed E-state index contributed by atoms with van der Waals surface area (Å²) in [4.78, 5) is 84.4. The first-order valence-corrected chi connectivity index (χ1v) is 16.5. The highest BCUT2D eigenvalue weighted by molar-refractivity contribution is 8.01. The average Bonchev–Trinajstić information content (AvgIpc) is 3.67. The van der Waals surface area contributed by atoms with E-state index in [1.54, 1.807) is 4.90 Å². The molecule has 2 atom stereocenters. The van der Waals surface area contributed by atoms with Crippen LogP contribution in [-0.4, -0.2) is 112 Å². The molecule has 3 aliphatic rings. The molecule has 0 aromatic carbocycles. The molecule has 0 bridgehead atoms.